The normalized spacial score (nSPS) is 10.8. The minimum absolute atomic E-state index is 0. The van der Waals surface area contributed by atoms with E-state index < -0.39 is 11.2 Å². The zero-order valence-electron chi connectivity index (χ0n) is 17.3. The van der Waals surface area contributed by atoms with E-state index in [1.54, 1.807) is 18.7 Å². The van der Waals surface area contributed by atoms with Crippen LogP contribution in [-0.4, -0.2) is 18.7 Å². The first-order chi connectivity index (χ1) is 14.3. The Hall–Kier alpha value is -2.47. The Balaban J connectivity index is 0.00000272. The van der Waals surface area contributed by atoms with E-state index in [1.165, 1.54) is 9.13 Å². The average molecular weight is 599 g/mol. The molecule has 10 heteroatoms. The van der Waals surface area contributed by atoms with E-state index in [1.807, 2.05) is 60.4 Å². The van der Waals surface area contributed by atoms with Crippen molar-refractivity contribution >= 4 is 51.1 Å². The minimum Gasteiger partial charge on any atom is -0.460 e. The second-order valence-corrected chi connectivity index (χ2v) is 8.07. The highest BCUT2D eigenvalue weighted by atomic mass is 127. The number of ether oxygens (including phenoxy) is 1. The molecule has 162 valence electrons. The van der Waals surface area contributed by atoms with Crippen LogP contribution in [0.1, 0.15) is 11.1 Å². The van der Waals surface area contributed by atoms with E-state index >= 15 is 0 Å². The molecular formula is C21H22BrIN5O3+. The molecular weight excluding hydrogens is 577 g/mol. The van der Waals surface area contributed by atoms with Gasteiger partial charge in [0.15, 0.2) is 23.6 Å². The fraction of sp³-hybridized carbons (Fsp3) is 0.238. The first-order valence-corrected chi connectivity index (χ1v) is 10.1. The number of imidazole rings is 1. The lowest BCUT2D eigenvalue weighted by Crippen LogP contribution is -2.39. The van der Waals surface area contributed by atoms with Gasteiger partial charge in [-0.2, -0.15) is 4.98 Å². The van der Waals surface area contributed by atoms with Gasteiger partial charge in [-0.15, -0.1) is 24.0 Å². The van der Waals surface area contributed by atoms with Crippen molar-refractivity contribution in [1.82, 2.24) is 18.7 Å². The lowest BCUT2D eigenvalue weighted by molar-refractivity contribution is -0.672. The van der Waals surface area contributed by atoms with Crippen LogP contribution >= 0.6 is 39.9 Å². The highest BCUT2D eigenvalue weighted by molar-refractivity contribution is 14.0. The highest BCUT2D eigenvalue weighted by Gasteiger charge is 2.19. The fourth-order valence-corrected chi connectivity index (χ4v) is 3.61. The SMILES string of the molecule is Cn1c(OCc2ccc[n+](C)c2)nc2c1c(=O)n(Cc1ccc(Br)cc1)c(=O)n2C.I. The zero-order valence-corrected chi connectivity index (χ0v) is 21.2. The van der Waals surface area contributed by atoms with Gasteiger partial charge in [0.2, 0.25) is 0 Å². The Labute approximate surface area is 203 Å². The third-order valence-corrected chi connectivity index (χ3v) is 5.47. The maximum absolute atomic E-state index is 13.1. The third-order valence-electron chi connectivity index (χ3n) is 4.94. The molecule has 3 heterocycles. The maximum Gasteiger partial charge on any atom is 0.332 e. The average Bonchev–Trinajstić information content (AvgIpc) is 3.06. The van der Waals surface area contributed by atoms with Crippen LogP contribution in [0.15, 0.2) is 62.9 Å². The molecule has 31 heavy (non-hydrogen) atoms. The van der Waals surface area contributed by atoms with E-state index in [2.05, 4.69) is 20.9 Å². The number of nitrogens with zero attached hydrogens (tertiary/aromatic N) is 5. The summed E-state index contributed by atoms with van der Waals surface area (Å²) < 4.78 is 12.9. The van der Waals surface area contributed by atoms with Gasteiger partial charge in [0, 0.05) is 24.6 Å². The van der Waals surface area contributed by atoms with Gasteiger partial charge in [-0.25, -0.2) is 9.36 Å². The molecule has 1 aromatic carbocycles. The van der Waals surface area contributed by atoms with Gasteiger partial charge in [-0.3, -0.25) is 18.5 Å². The molecule has 0 bridgehead atoms. The second-order valence-electron chi connectivity index (χ2n) is 7.15. The number of benzene rings is 1. The number of aromatic nitrogens is 5. The number of fused-ring (bicyclic) bond motifs is 1. The van der Waals surface area contributed by atoms with Crippen LogP contribution in [-0.2, 0) is 34.3 Å². The molecule has 4 rings (SSSR count). The van der Waals surface area contributed by atoms with E-state index in [0.29, 0.717) is 17.8 Å². The van der Waals surface area contributed by atoms with Gasteiger partial charge in [0.1, 0.15) is 13.7 Å². The van der Waals surface area contributed by atoms with Gasteiger partial charge >= 0.3 is 5.69 Å². The highest BCUT2D eigenvalue weighted by Crippen LogP contribution is 2.17. The summed E-state index contributed by atoms with van der Waals surface area (Å²) in [4.78, 5) is 30.4. The summed E-state index contributed by atoms with van der Waals surface area (Å²) in [7, 11) is 5.25. The number of aryl methyl sites for hydroxylation is 3. The summed E-state index contributed by atoms with van der Waals surface area (Å²) in [5.41, 5.74) is 1.62. The van der Waals surface area contributed by atoms with Crippen LogP contribution in [0.3, 0.4) is 0 Å². The molecule has 8 nitrogen and oxygen atoms in total. The molecule has 4 aromatic rings. The van der Waals surface area contributed by atoms with Crippen LogP contribution in [0, 0.1) is 0 Å². The second kappa shape index (κ2) is 9.35. The Bertz CT molecular complexity index is 1360. The Kier molecular flexibility index (Phi) is 6.99. The van der Waals surface area contributed by atoms with E-state index in [-0.39, 0.29) is 36.5 Å². The van der Waals surface area contributed by atoms with Crippen molar-refractivity contribution in [2.45, 2.75) is 13.2 Å². The van der Waals surface area contributed by atoms with Crippen LogP contribution < -0.4 is 20.6 Å². The van der Waals surface area contributed by atoms with Crippen molar-refractivity contribution in [2.75, 3.05) is 0 Å². The molecule has 0 aliphatic heterocycles. The number of pyridine rings is 1. The van der Waals surface area contributed by atoms with Crippen LogP contribution in [0.5, 0.6) is 6.01 Å². The van der Waals surface area contributed by atoms with Crippen molar-refractivity contribution in [3.8, 4) is 6.01 Å². The predicted molar refractivity (Wildman–Crippen MR) is 131 cm³/mol. The first kappa shape index (κ1) is 23.2. The molecule has 0 atom stereocenters. The van der Waals surface area contributed by atoms with E-state index in [0.717, 1.165) is 15.6 Å². The largest absolute Gasteiger partial charge is 0.460 e. The summed E-state index contributed by atoms with van der Waals surface area (Å²) >= 11 is 3.39. The standard InChI is InChI=1S/C21H21BrN5O3.HI/c1-24-10-4-5-15(11-24)13-30-20-23-18-17(25(20)2)19(28)27(21(29)26(18)3)12-14-6-8-16(22)9-7-14;/h4-11H,12-13H2,1-3H3;1H/q+1;. The van der Waals surface area contributed by atoms with Gasteiger partial charge in [-0.1, -0.05) is 28.1 Å². The first-order valence-electron chi connectivity index (χ1n) is 9.33. The van der Waals surface area contributed by atoms with Gasteiger partial charge in [0.05, 0.1) is 12.1 Å². The molecule has 0 saturated heterocycles. The summed E-state index contributed by atoms with van der Waals surface area (Å²) in [5.74, 6) is 0. The summed E-state index contributed by atoms with van der Waals surface area (Å²) in [6.07, 6.45) is 3.88. The Morgan fingerprint density at radius 2 is 1.77 bits per heavy atom. The monoisotopic (exact) mass is 598 g/mol. The molecule has 0 aliphatic carbocycles. The molecule has 0 amide bonds. The molecule has 0 radical (unpaired) electrons. The van der Waals surface area contributed by atoms with Crippen molar-refractivity contribution in [3.05, 3.63) is 85.2 Å². The molecule has 0 aliphatic rings. The van der Waals surface area contributed by atoms with Crippen LogP contribution in [0.25, 0.3) is 11.2 Å². The lowest BCUT2D eigenvalue weighted by atomic mass is 10.2. The topological polar surface area (TPSA) is 74.9 Å². The molecule has 0 spiro atoms. The predicted octanol–water partition coefficient (Wildman–Crippen LogP) is 2.27. The molecule has 3 aromatic heterocycles. The van der Waals surface area contributed by atoms with Crippen molar-refractivity contribution in [3.63, 3.8) is 0 Å². The lowest BCUT2D eigenvalue weighted by Gasteiger charge is -2.09. The van der Waals surface area contributed by atoms with Crippen molar-refractivity contribution in [1.29, 1.82) is 0 Å². The van der Waals surface area contributed by atoms with E-state index in [9.17, 15) is 9.59 Å². The van der Waals surface area contributed by atoms with Gasteiger partial charge in [-0.05, 0) is 23.8 Å². The van der Waals surface area contributed by atoms with Gasteiger partial charge < -0.3 is 4.74 Å². The van der Waals surface area contributed by atoms with Crippen LogP contribution in [0.4, 0.5) is 0 Å². The zero-order chi connectivity index (χ0) is 21.4. The quantitative estimate of drug-likeness (QED) is 0.261. The summed E-state index contributed by atoms with van der Waals surface area (Å²) in [6.45, 7) is 0.476. The smallest absolute Gasteiger partial charge is 0.332 e. The molecule has 0 saturated carbocycles. The van der Waals surface area contributed by atoms with E-state index in [4.69, 9.17) is 4.74 Å². The molecule has 0 fully saturated rings. The van der Waals surface area contributed by atoms with Gasteiger partial charge in [0.25, 0.3) is 11.6 Å². The minimum atomic E-state index is -0.421. The molecule has 0 unspecified atom stereocenters. The van der Waals surface area contributed by atoms with Crippen LogP contribution in [0.2, 0.25) is 0 Å². The number of rotatable bonds is 5. The summed E-state index contributed by atoms with van der Waals surface area (Å²) in [6, 6.07) is 11.7. The van der Waals surface area contributed by atoms with Crippen molar-refractivity contribution in [2.24, 2.45) is 21.1 Å². The third kappa shape index (κ3) is 4.59. The maximum atomic E-state index is 13.1. The molecule has 0 N–H and O–H groups in total. The number of halogens is 2. The Morgan fingerprint density at radius 1 is 1.06 bits per heavy atom. The fourth-order valence-electron chi connectivity index (χ4n) is 3.35. The number of hydrogen-bond acceptors (Lipinski definition) is 4. The number of hydrogen-bond donors (Lipinski definition) is 0. The summed E-state index contributed by atoms with van der Waals surface area (Å²) in [5, 5.41) is 0. The van der Waals surface area contributed by atoms with Crippen molar-refractivity contribution < 1.29 is 9.30 Å². The Morgan fingerprint density at radius 3 is 2.45 bits per heavy atom.